The average molecular weight is 231 g/mol. The Labute approximate surface area is 94.8 Å². The van der Waals surface area contributed by atoms with E-state index in [0.29, 0.717) is 6.41 Å². The maximum atomic E-state index is 13.3. The summed E-state index contributed by atoms with van der Waals surface area (Å²) in [6.07, 6.45) is 0.803. The molecule has 0 aromatic heterocycles. The number of amides is 1. The largest absolute Gasteiger partial charge is 0.382 e. The third kappa shape index (κ3) is 4.88. The minimum Gasteiger partial charge on any atom is -0.382 e. The van der Waals surface area contributed by atoms with Gasteiger partial charge in [0.1, 0.15) is 6.23 Å². The Hall–Kier alpha value is -1.43. The van der Waals surface area contributed by atoms with Crippen LogP contribution in [0.15, 0.2) is 17.0 Å². The Morgan fingerprint density at radius 1 is 1.50 bits per heavy atom. The molecule has 16 heavy (non-hydrogen) atoms. The van der Waals surface area contributed by atoms with Gasteiger partial charge in [-0.2, -0.15) is 0 Å². The van der Waals surface area contributed by atoms with Crippen molar-refractivity contribution >= 4 is 12.2 Å². The molecule has 0 aliphatic heterocycles. The van der Waals surface area contributed by atoms with Crippen LogP contribution in [0, 0.1) is 0 Å². The summed E-state index contributed by atoms with van der Waals surface area (Å²) in [6, 6.07) is 0. The van der Waals surface area contributed by atoms with Crippen LogP contribution in [-0.4, -0.2) is 36.5 Å². The molecule has 0 bridgehead atoms. The van der Waals surface area contributed by atoms with E-state index >= 15 is 0 Å². The van der Waals surface area contributed by atoms with Gasteiger partial charge in [0.15, 0.2) is 11.7 Å². The van der Waals surface area contributed by atoms with Gasteiger partial charge in [0.05, 0.1) is 6.10 Å². The number of aliphatic imine (C=N–C) groups is 1. The first-order valence-corrected chi connectivity index (χ1v) is 4.90. The lowest BCUT2D eigenvalue weighted by atomic mass is 10.4. The first-order valence-electron chi connectivity index (χ1n) is 4.90. The standard InChI is InChI=1S/C10H18FN3O2/c1-7(2)16-8(3)14(6-15)5-9(11)10(12)13-4/h5-8H,1-4H3,(H2,12,13)/b9-5+. The van der Waals surface area contributed by atoms with E-state index < -0.39 is 12.1 Å². The molecular weight excluding hydrogens is 213 g/mol. The molecule has 1 unspecified atom stereocenters. The van der Waals surface area contributed by atoms with Crippen molar-refractivity contribution in [1.29, 1.82) is 0 Å². The van der Waals surface area contributed by atoms with Crippen LogP contribution < -0.4 is 5.73 Å². The number of rotatable bonds is 6. The number of hydrogen-bond acceptors (Lipinski definition) is 3. The highest BCUT2D eigenvalue weighted by Crippen LogP contribution is 2.06. The van der Waals surface area contributed by atoms with Gasteiger partial charge in [0, 0.05) is 13.2 Å². The molecule has 2 N–H and O–H groups in total. The monoisotopic (exact) mass is 231 g/mol. The van der Waals surface area contributed by atoms with Crippen molar-refractivity contribution < 1.29 is 13.9 Å². The van der Waals surface area contributed by atoms with Crippen molar-refractivity contribution in [1.82, 2.24) is 4.90 Å². The number of halogens is 1. The second kappa shape index (κ2) is 6.95. The number of carbonyl (C=O) groups excluding carboxylic acids is 1. The van der Waals surface area contributed by atoms with E-state index in [1.807, 2.05) is 13.8 Å². The predicted molar refractivity (Wildman–Crippen MR) is 60.3 cm³/mol. The van der Waals surface area contributed by atoms with Crippen LogP contribution in [0.2, 0.25) is 0 Å². The van der Waals surface area contributed by atoms with Crippen molar-refractivity contribution in [2.45, 2.75) is 33.1 Å². The molecule has 0 saturated carbocycles. The van der Waals surface area contributed by atoms with Gasteiger partial charge in [-0.25, -0.2) is 4.39 Å². The van der Waals surface area contributed by atoms with Crippen LogP contribution in [0.5, 0.6) is 0 Å². The first kappa shape index (κ1) is 14.6. The van der Waals surface area contributed by atoms with Crippen molar-refractivity contribution in [2.24, 2.45) is 10.7 Å². The summed E-state index contributed by atoms with van der Waals surface area (Å²) in [4.78, 5) is 15.2. The van der Waals surface area contributed by atoms with Crippen molar-refractivity contribution in [3.63, 3.8) is 0 Å². The third-order valence-electron chi connectivity index (χ3n) is 1.76. The quantitative estimate of drug-likeness (QED) is 0.321. The SMILES string of the molecule is CN=C(N)/C(F)=C\N(C=O)C(C)OC(C)C. The van der Waals surface area contributed by atoms with Crippen molar-refractivity contribution in [3.05, 3.63) is 12.0 Å². The predicted octanol–water partition coefficient (Wildman–Crippen LogP) is 1.01. The molecule has 1 atom stereocenters. The Morgan fingerprint density at radius 3 is 2.44 bits per heavy atom. The number of hydrogen-bond donors (Lipinski definition) is 1. The van der Waals surface area contributed by atoms with E-state index in [0.717, 1.165) is 11.1 Å². The molecule has 5 nitrogen and oxygen atoms in total. The van der Waals surface area contributed by atoms with Crippen LogP contribution in [0.3, 0.4) is 0 Å². The highest BCUT2D eigenvalue weighted by atomic mass is 19.1. The molecule has 0 aliphatic rings. The van der Waals surface area contributed by atoms with E-state index in [9.17, 15) is 9.18 Å². The summed E-state index contributed by atoms with van der Waals surface area (Å²) >= 11 is 0. The number of amidine groups is 1. The molecule has 0 aromatic carbocycles. The normalized spacial score (nSPS) is 15.1. The maximum Gasteiger partial charge on any atom is 0.215 e. The van der Waals surface area contributed by atoms with E-state index in [4.69, 9.17) is 10.5 Å². The van der Waals surface area contributed by atoms with Gasteiger partial charge in [-0.05, 0) is 20.8 Å². The van der Waals surface area contributed by atoms with E-state index in [-0.39, 0.29) is 11.9 Å². The smallest absolute Gasteiger partial charge is 0.215 e. The van der Waals surface area contributed by atoms with Gasteiger partial charge in [-0.15, -0.1) is 0 Å². The Balaban J connectivity index is 4.68. The van der Waals surface area contributed by atoms with Crippen LogP contribution in [-0.2, 0) is 9.53 Å². The van der Waals surface area contributed by atoms with E-state index in [1.165, 1.54) is 7.05 Å². The fourth-order valence-electron chi connectivity index (χ4n) is 0.989. The van der Waals surface area contributed by atoms with Gasteiger partial charge >= 0.3 is 0 Å². The van der Waals surface area contributed by atoms with Gasteiger partial charge in [-0.3, -0.25) is 14.7 Å². The fourth-order valence-corrected chi connectivity index (χ4v) is 0.989. The molecule has 0 aromatic rings. The van der Waals surface area contributed by atoms with E-state index in [2.05, 4.69) is 4.99 Å². The van der Waals surface area contributed by atoms with Crippen molar-refractivity contribution in [3.8, 4) is 0 Å². The molecule has 6 heteroatoms. The molecule has 0 heterocycles. The van der Waals surface area contributed by atoms with Crippen LogP contribution in [0.1, 0.15) is 20.8 Å². The molecule has 0 rings (SSSR count). The molecular formula is C10H18FN3O2. The fraction of sp³-hybridized carbons (Fsp3) is 0.600. The highest BCUT2D eigenvalue weighted by Gasteiger charge is 2.13. The first-order chi connectivity index (χ1) is 7.42. The van der Waals surface area contributed by atoms with Crippen molar-refractivity contribution in [2.75, 3.05) is 7.05 Å². The molecule has 0 saturated heterocycles. The Bertz CT molecular complexity index is 290. The average Bonchev–Trinajstić information content (AvgIpc) is 2.23. The van der Waals surface area contributed by atoms with Gasteiger partial charge in [-0.1, -0.05) is 0 Å². The zero-order valence-electron chi connectivity index (χ0n) is 9.98. The maximum absolute atomic E-state index is 13.3. The van der Waals surface area contributed by atoms with Crippen LogP contribution in [0.4, 0.5) is 4.39 Å². The third-order valence-corrected chi connectivity index (χ3v) is 1.76. The number of nitrogens with zero attached hydrogens (tertiary/aromatic N) is 2. The van der Waals surface area contributed by atoms with Gasteiger partial charge < -0.3 is 10.5 Å². The Morgan fingerprint density at radius 2 is 2.06 bits per heavy atom. The second-order valence-electron chi connectivity index (χ2n) is 3.42. The second-order valence-corrected chi connectivity index (χ2v) is 3.42. The highest BCUT2D eigenvalue weighted by molar-refractivity contribution is 5.94. The molecule has 0 spiro atoms. The topological polar surface area (TPSA) is 67.9 Å². The Kier molecular flexibility index (Phi) is 6.32. The molecule has 0 fully saturated rings. The van der Waals surface area contributed by atoms with Crippen LogP contribution >= 0.6 is 0 Å². The molecule has 92 valence electrons. The lowest BCUT2D eigenvalue weighted by Crippen LogP contribution is -2.32. The summed E-state index contributed by atoms with van der Waals surface area (Å²) in [5.74, 6) is -1.03. The number of nitrogens with two attached hydrogens (primary N) is 1. The molecule has 1 amide bonds. The lowest BCUT2D eigenvalue weighted by molar-refractivity contribution is -0.129. The summed E-state index contributed by atoms with van der Waals surface area (Å²) in [5, 5.41) is 0. The molecule has 0 aliphatic carbocycles. The summed E-state index contributed by atoms with van der Waals surface area (Å²) in [5.41, 5.74) is 5.24. The van der Waals surface area contributed by atoms with Gasteiger partial charge in [0.2, 0.25) is 6.41 Å². The minimum atomic E-state index is -0.770. The zero-order valence-corrected chi connectivity index (χ0v) is 9.98. The number of carbonyl (C=O) groups is 1. The lowest BCUT2D eigenvalue weighted by Gasteiger charge is -2.23. The summed E-state index contributed by atoms with van der Waals surface area (Å²) < 4.78 is 18.6. The van der Waals surface area contributed by atoms with Gasteiger partial charge in [0.25, 0.3) is 0 Å². The summed E-state index contributed by atoms with van der Waals surface area (Å²) in [7, 11) is 1.36. The van der Waals surface area contributed by atoms with E-state index in [1.54, 1.807) is 6.92 Å². The molecule has 0 radical (unpaired) electrons. The summed E-state index contributed by atoms with van der Waals surface area (Å²) in [6.45, 7) is 5.28. The van der Waals surface area contributed by atoms with Crippen LogP contribution in [0.25, 0.3) is 0 Å². The minimum absolute atomic E-state index is 0.0638. The number of ether oxygens (including phenoxy) is 1. The zero-order chi connectivity index (χ0) is 12.7.